The highest BCUT2D eigenvalue weighted by atomic mass is 16.5. The number of methoxy groups -OCH3 is 1. The van der Waals surface area contributed by atoms with Crippen molar-refractivity contribution in [3.63, 3.8) is 0 Å². The van der Waals surface area contributed by atoms with Crippen molar-refractivity contribution < 1.29 is 9.53 Å². The van der Waals surface area contributed by atoms with Gasteiger partial charge in [0.2, 0.25) is 0 Å². The third kappa shape index (κ3) is 3.30. The van der Waals surface area contributed by atoms with Crippen LogP contribution in [0.25, 0.3) is 11.3 Å². The molecule has 1 N–H and O–H groups in total. The molecule has 0 bridgehead atoms. The Morgan fingerprint density at radius 3 is 2.73 bits per heavy atom. The van der Waals surface area contributed by atoms with E-state index in [-0.39, 0.29) is 11.9 Å². The van der Waals surface area contributed by atoms with E-state index in [1.807, 2.05) is 55.8 Å². The summed E-state index contributed by atoms with van der Waals surface area (Å²) in [5, 5.41) is 7.36. The molecule has 0 spiro atoms. The second-order valence-corrected chi connectivity index (χ2v) is 5.21. The van der Waals surface area contributed by atoms with E-state index in [2.05, 4.69) is 10.4 Å². The molecule has 1 aromatic carbocycles. The summed E-state index contributed by atoms with van der Waals surface area (Å²) in [6, 6.07) is 9.70. The number of nitrogens with zero attached hydrogens (tertiary/aromatic N) is 2. The van der Waals surface area contributed by atoms with Crippen LogP contribution in [0.5, 0.6) is 5.75 Å². The normalized spacial score (nSPS) is 12.0. The number of carbonyl (C=O) groups is 1. The number of ether oxygens (including phenoxy) is 1. The van der Waals surface area contributed by atoms with Crippen molar-refractivity contribution >= 4 is 5.91 Å². The van der Waals surface area contributed by atoms with E-state index in [9.17, 15) is 4.79 Å². The van der Waals surface area contributed by atoms with Crippen molar-refractivity contribution in [3.05, 3.63) is 36.0 Å². The standard InChI is InChI=1S/C17H23N3O2/c1-5-12(3)18-17(21)14-11-15(20(6-2)19-14)13-9-7-8-10-16(13)22-4/h7-12H,5-6H2,1-4H3,(H,18,21). The van der Waals surface area contributed by atoms with Crippen LogP contribution in [0.1, 0.15) is 37.7 Å². The summed E-state index contributed by atoms with van der Waals surface area (Å²) in [6.07, 6.45) is 0.888. The fraction of sp³-hybridized carbons (Fsp3) is 0.412. The Kier molecular flexibility index (Phi) is 5.20. The number of aromatic nitrogens is 2. The molecule has 5 nitrogen and oxygen atoms in total. The van der Waals surface area contributed by atoms with Crippen LogP contribution in [0.2, 0.25) is 0 Å². The van der Waals surface area contributed by atoms with Crippen LogP contribution in [0.4, 0.5) is 0 Å². The summed E-state index contributed by atoms with van der Waals surface area (Å²) in [5.74, 6) is 0.628. The predicted octanol–water partition coefficient (Wildman–Crippen LogP) is 3.11. The highest BCUT2D eigenvalue weighted by Crippen LogP contribution is 2.30. The number of benzene rings is 1. The quantitative estimate of drug-likeness (QED) is 0.892. The first kappa shape index (κ1) is 16.1. The molecule has 0 aliphatic rings. The van der Waals surface area contributed by atoms with Crippen molar-refractivity contribution in [2.24, 2.45) is 0 Å². The second kappa shape index (κ2) is 7.11. The van der Waals surface area contributed by atoms with E-state index in [1.165, 1.54) is 0 Å². The molecule has 2 rings (SSSR count). The molecule has 1 unspecified atom stereocenters. The maximum absolute atomic E-state index is 12.3. The molecule has 1 aromatic heterocycles. The molecule has 1 amide bonds. The van der Waals surface area contributed by atoms with E-state index in [4.69, 9.17) is 4.74 Å². The van der Waals surface area contributed by atoms with Gasteiger partial charge in [0.15, 0.2) is 5.69 Å². The Balaban J connectivity index is 2.39. The van der Waals surface area contributed by atoms with Gasteiger partial charge in [-0.25, -0.2) is 0 Å². The van der Waals surface area contributed by atoms with Gasteiger partial charge in [-0.15, -0.1) is 0 Å². The molecule has 5 heteroatoms. The predicted molar refractivity (Wildman–Crippen MR) is 87.1 cm³/mol. The number of hydrogen-bond donors (Lipinski definition) is 1. The Labute approximate surface area is 131 Å². The van der Waals surface area contributed by atoms with Crippen LogP contribution in [0.3, 0.4) is 0 Å². The topological polar surface area (TPSA) is 56.1 Å². The number of carbonyl (C=O) groups excluding carboxylic acids is 1. The van der Waals surface area contributed by atoms with Crippen molar-refractivity contribution in [1.29, 1.82) is 0 Å². The highest BCUT2D eigenvalue weighted by Gasteiger charge is 2.18. The SMILES string of the molecule is CCC(C)NC(=O)c1cc(-c2ccccc2OC)n(CC)n1. The zero-order valence-electron chi connectivity index (χ0n) is 13.6. The van der Waals surface area contributed by atoms with E-state index >= 15 is 0 Å². The van der Waals surface area contributed by atoms with Crippen LogP contribution in [0, 0.1) is 0 Å². The maximum Gasteiger partial charge on any atom is 0.272 e. The fourth-order valence-corrected chi connectivity index (χ4v) is 2.24. The smallest absolute Gasteiger partial charge is 0.272 e. The van der Waals surface area contributed by atoms with E-state index in [0.717, 1.165) is 23.4 Å². The summed E-state index contributed by atoms with van der Waals surface area (Å²) < 4.78 is 7.23. The zero-order valence-corrected chi connectivity index (χ0v) is 13.6. The lowest BCUT2D eigenvalue weighted by molar-refractivity contribution is 0.0933. The fourth-order valence-electron chi connectivity index (χ4n) is 2.24. The van der Waals surface area contributed by atoms with Gasteiger partial charge in [0.25, 0.3) is 5.91 Å². The minimum absolute atomic E-state index is 0.133. The molecule has 0 aliphatic heterocycles. The molecule has 22 heavy (non-hydrogen) atoms. The van der Waals surface area contributed by atoms with Crippen LogP contribution in [-0.4, -0.2) is 28.8 Å². The first-order valence-electron chi connectivity index (χ1n) is 7.62. The van der Waals surface area contributed by atoms with Gasteiger partial charge >= 0.3 is 0 Å². The lowest BCUT2D eigenvalue weighted by atomic mass is 10.1. The van der Waals surface area contributed by atoms with Crippen molar-refractivity contribution in [1.82, 2.24) is 15.1 Å². The lowest BCUT2D eigenvalue weighted by Gasteiger charge is -2.09. The molecule has 118 valence electrons. The minimum atomic E-state index is -0.141. The zero-order chi connectivity index (χ0) is 16.1. The average molecular weight is 301 g/mol. The molecule has 0 radical (unpaired) electrons. The van der Waals surface area contributed by atoms with Gasteiger partial charge in [-0.2, -0.15) is 5.10 Å². The molecular formula is C17H23N3O2. The number of aryl methyl sites for hydroxylation is 1. The minimum Gasteiger partial charge on any atom is -0.496 e. The number of rotatable bonds is 6. The van der Waals surface area contributed by atoms with Crippen LogP contribution in [0.15, 0.2) is 30.3 Å². The number of amides is 1. The van der Waals surface area contributed by atoms with Gasteiger partial charge in [-0.1, -0.05) is 19.1 Å². The Morgan fingerprint density at radius 1 is 1.36 bits per heavy atom. The summed E-state index contributed by atoms with van der Waals surface area (Å²) in [4.78, 5) is 12.3. The largest absolute Gasteiger partial charge is 0.496 e. The molecule has 0 saturated heterocycles. The Bertz CT molecular complexity index is 649. The van der Waals surface area contributed by atoms with Crippen LogP contribution < -0.4 is 10.1 Å². The first-order valence-corrected chi connectivity index (χ1v) is 7.62. The van der Waals surface area contributed by atoms with E-state index < -0.39 is 0 Å². The average Bonchev–Trinajstić information content (AvgIpc) is 2.98. The van der Waals surface area contributed by atoms with Crippen LogP contribution >= 0.6 is 0 Å². The monoisotopic (exact) mass is 301 g/mol. The van der Waals surface area contributed by atoms with Gasteiger partial charge in [0, 0.05) is 18.2 Å². The molecule has 2 aromatic rings. The summed E-state index contributed by atoms with van der Waals surface area (Å²) >= 11 is 0. The van der Waals surface area contributed by atoms with Crippen LogP contribution in [-0.2, 0) is 6.54 Å². The maximum atomic E-state index is 12.3. The molecule has 0 fully saturated rings. The van der Waals surface area contributed by atoms with Crippen molar-refractivity contribution in [3.8, 4) is 17.0 Å². The molecule has 0 saturated carbocycles. The summed E-state index contributed by atoms with van der Waals surface area (Å²) in [5.41, 5.74) is 2.25. The highest BCUT2D eigenvalue weighted by molar-refractivity contribution is 5.93. The third-order valence-electron chi connectivity index (χ3n) is 3.68. The summed E-state index contributed by atoms with van der Waals surface area (Å²) in [6.45, 7) is 6.71. The van der Waals surface area contributed by atoms with Gasteiger partial charge in [-0.05, 0) is 38.5 Å². The molecule has 1 atom stereocenters. The van der Waals surface area contributed by atoms with E-state index in [1.54, 1.807) is 7.11 Å². The molecule has 0 aliphatic carbocycles. The number of hydrogen-bond acceptors (Lipinski definition) is 3. The van der Waals surface area contributed by atoms with Crippen molar-refractivity contribution in [2.45, 2.75) is 39.8 Å². The molecule has 1 heterocycles. The Hall–Kier alpha value is -2.30. The Morgan fingerprint density at radius 2 is 2.09 bits per heavy atom. The van der Waals surface area contributed by atoms with E-state index in [0.29, 0.717) is 12.2 Å². The van der Waals surface area contributed by atoms with Gasteiger partial charge in [0.1, 0.15) is 5.75 Å². The third-order valence-corrected chi connectivity index (χ3v) is 3.68. The second-order valence-electron chi connectivity index (χ2n) is 5.21. The van der Waals surface area contributed by atoms with Gasteiger partial charge in [0.05, 0.1) is 12.8 Å². The first-order chi connectivity index (χ1) is 10.6. The molecular weight excluding hydrogens is 278 g/mol. The van der Waals surface area contributed by atoms with Gasteiger partial charge < -0.3 is 10.1 Å². The number of nitrogens with one attached hydrogen (secondary N) is 1. The van der Waals surface area contributed by atoms with Gasteiger partial charge in [-0.3, -0.25) is 9.48 Å². The number of para-hydroxylation sites is 1. The lowest BCUT2D eigenvalue weighted by Crippen LogP contribution is -2.32. The van der Waals surface area contributed by atoms with Crippen molar-refractivity contribution in [2.75, 3.05) is 7.11 Å². The summed E-state index contributed by atoms with van der Waals surface area (Å²) in [7, 11) is 1.64.